The van der Waals surface area contributed by atoms with Crippen LogP contribution < -0.4 is 17.0 Å². The first kappa shape index (κ1) is 16.2. The Bertz CT molecular complexity index is 603. The van der Waals surface area contributed by atoms with Gasteiger partial charge in [0, 0.05) is 39.8 Å². The molecule has 0 spiro atoms. The van der Waals surface area contributed by atoms with E-state index in [1.165, 1.54) is 22.7 Å². The van der Waals surface area contributed by atoms with Crippen molar-refractivity contribution < 1.29 is 4.79 Å². The Morgan fingerprint density at radius 1 is 1.40 bits per heavy atom. The molecule has 1 aromatic heterocycles. The van der Waals surface area contributed by atoms with E-state index in [2.05, 4.69) is 0 Å². The lowest BCUT2D eigenvalue weighted by molar-refractivity contribution is -0.130. The van der Waals surface area contributed by atoms with Crippen LogP contribution in [-0.4, -0.2) is 33.0 Å². The second kappa shape index (κ2) is 6.51. The molecule has 0 aliphatic heterocycles. The summed E-state index contributed by atoms with van der Waals surface area (Å²) in [4.78, 5) is 36.9. The van der Waals surface area contributed by atoms with Crippen molar-refractivity contribution in [2.75, 3.05) is 7.05 Å². The molecule has 0 aliphatic rings. The molecular formula is C13H22N4O3. The van der Waals surface area contributed by atoms with E-state index in [4.69, 9.17) is 5.73 Å². The van der Waals surface area contributed by atoms with Crippen LogP contribution in [0.15, 0.2) is 15.8 Å². The number of amides is 1. The van der Waals surface area contributed by atoms with Crippen LogP contribution in [0.5, 0.6) is 0 Å². The van der Waals surface area contributed by atoms with Gasteiger partial charge < -0.3 is 15.2 Å². The molecule has 112 valence electrons. The first-order valence-electron chi connectivity index (χ1n) is 6.53. The quantitative estimate of drug-likeness (QED) is 0.763. The van der Waals surface area contributed by atoms with Gasteiger partial charge in [0.2, 0.25) is 5.91 Å². The molecule has 1 amide bonds. The van der Waals surface area contributed by atoms with Gasteiger partial charge in [0.25, 0.3) is 5.56 Å². The lowest BCUT2D eigenvalue weighted by Gasteiger charge is -2.19. The van der Waals surface area contributed by atoms with Gasteiger partial charge in [-0.15, -0.1) is 0 Å². The van der Waals surface area contributed by atoms with E-state index in [1.807, 2.05) is 6.92 Å². The van der Waals surface area contributed by atoms with Crippen LogP contribution in [0, 0.1) is 0 Å². The fourth-order valence-electron chi connectivity index (χ4n) is 1.86. The lowest BCUT2D eigenvalue weighted by Crippen LogP contribution is -2.41. The summed E-state index contributed by atoms with van der Waals surface area (Å²) in [5.41, 5.74) is 5.37. The minimum absolute atomic E-state index is 0.116. The summed E-state index contributed by atoms with van der Waals surface area (Å²) < 4.78 is 2.36. The summed E-state index contributed by atoms with van der Waals surface area (Å²) >= 11 is 0. The van der Waals surface area contributed by atoms with Crippen LogP contribution >= 0.6 is 0 Å². The third-order valence-corrected chi connectivity index (χ3v) is 3.31. The molecule has 0 fully saturated rings. The predicted molar refractivity (Wildman–Crippen MR) is 76.3 cm³/mol. The summed E-state index contributed by atoms with van der Waals surface area (Å²) in [7, 11) is 4.61. The molecule has 2 N–H and O–H groups in total. The number of aromatic nitrogens is 2. The zero-order valence-electron chi connectivity index (χ0n) is 12.4. The first-order valence-corrected chi connectivity index (χ1v) is 6.53. The molecule has 0 bridgehead atoms. The molecule has 1 unspecified atom stereocenters. The van der Waals surface area contributed by atoms with Crippen molar-refractivity contribution in [2.45, 2.75) is 32.4 Å². The molecule has 0 aliphatic carbocycles. The Hall–Kier alpha value is -1.89. The summed E-state index contributed by atoms with van der Waals surface area (Å²) in [5.74, 6) is -0.116. The highest BCUT2D eigenvalue weighted by atomic mass is 16.2. The maximum Gasteiger partial charge on any atom is 0.330 e. The summed E-state index contributed by atoms with van der Waals surface area (Å²) in [5, 5.41) is 0. The molecule has 0 radical (unpaired) electrons. The van der Waals surface area contributed by atoms with Crippen LogP contribution in [0.1, 0.15) is 25.3 Å². The summed E-state index contributed by atoms with van der Waals surface area (Å²) in [6.45, 7) is 2.08. The van der Waals surface area contributed by atoms with Crippen molar-refractivity contribution in [3.63, 3.8) is 0 Å². The largest absolute Gasteiger partial charge is 0.341 e. The highest BCUT2D eigenvalue weighted by Crippen LogP contribution is 2.02. The summed E-state index contributed by atoms with van der Waals surface area (Å²) in [6.07, 6.45) is 2.44. The number of aryl methyl sites for hydroxylation is 1. The van der Waals surface area contributed by atoms with Crippen molar-refractivity contribution in [2.24, 2.45) is 19.8 Å². The normalized spacial score (nSPS) is 12.2. The maximum atomic E-state index is 12.0. The van der Waals surface area contributed by atoms with Crippen LogP contribution in [0.2, 0.25) is 0 Å². The first-order chi connectivity index (χ1) is 9.27. The van der Waals surface area contributed by atoms with Gasteiger partial charge in [0.15, 0.2) is 0 Å². The zero-order valence-corrected chi connectivity index (χ0v) is 12.4. The van der Waals surface area contributed by atoms with Gasteiger partial charge in [-0.1, -0.05) is 6.92 Å². The Morgan fingerprint density at radius 2 is 2.00 bits per heavy atom. The molecule has 0 saturated heterocycles. The number of carbonyl (C=O) groups excluding carboxylic acids is 1. The third kappa shape index (κ3) is 3.57. The van der Waals surface area contributed by atoms with Crippen LogP contribution in [0.3, 0.4) is 0 Å². The van der Waals surface area contributed by atoms with E-state index in [1.54, 1.807) is 14.1 Å². The predicted octanol–water partition coefficient (Wildman–Crippen LogP) is -0.830. The summed E-state index contributed by atoms with van der Waals surface area (Å²) in [6, 6.07) is -0.173. The van der Waals surface area contributed by atoms with E-state index in [-0.39, 0.29) is 36.2 Å². The monoisotopic (exact) mass is 282 g/mol. The molecule has 1 atom stereocenters. The number of hydrogen-bond acceptors (Lipinski definition) is 4. The second-order valence-electron chi connectivity index (χ2n) is 5.03. The number of nitrogens with zero attached hydrogens (tertiary/aromatic N) is 3. The Labute approximate surface area is 117 Å². The van der Waals surface area contributed by atoms with Crippen LogP contribution in [-0.2, 0) is 25.4 Å². The minimum Gasteiger partial charge on any atom is -0.341 e. The topological polar surface area (TPSA) is 90.3 Å². The fourth-order valence-corrected chi connectivity index (χ4v) is 1.86. The lowest BCUT2D eigenvalue weighted by atomic mass is 10.1. The molecule has 20 heavy (non-hydrogen) atoms. The van der Waals surface area contributed by atoms with E-state index in [0.717, 1.165) is 11.0 Å². The van der Waals surface area contributed by atoms with Gasteiger partial charge in [-0.3, -0.25) is 14.2 Å². The molecule has 1 rings (SSSR count). The minimum atomic E-state index is -0.388. The number of nitrogens with two attached hydrogens (primary N) is 1. The highest BCUT2D eigenvalue weighted by Gasteiger charge is 2.15. The Morgan fingerprint density at radius 3 is 2.55 bits per heavy atom. The SMILES string of the molecule is CCC(N)CC(=O)N(C)Cc1cn(C)c(=O)n(C)c1=O. The van der Waals surface area contributed by atoms with Crippen LogP contribution in [0.4, 0.5) is 0 Å². The molecule has 0 aromatic carbocycles. The van der Waals surface area contributed by atoms with Crippen molar-refractivity contribution in [1.29, 1.82) is 0 Å². The maximum absolute atomic E-state index is 12.0. The van der Waals surface area contributed by atoms with Gasteiger partial charge in [0.1, 0.15) is 0 Å². The van der Waals surface area contributed by atoms with E-state index in [9.17, 15) is 14.4 Å². The Balaban J connectivity index is 2.92. The molecule has 1 heterocycles. The number of carbonyl (C=O) groups is 1. The van der Waals surface area contributed by atoms with Crippen molar-refractivity contribution in [3.05, 3.63) is 32.6 Å². The van der Waals surface area contributed by atoms with Gasteiger partial charge in [-0.25, -0.2) is 4.79 Å². The van der Waals surface area contributed by atoms with Gasteiger partial charge >= 0.3 is 5.69 Å². The zero-order chi connectivity index (χ0) is 15.4. The van der Waals surface area contributed by atoms with Gasteiger partial charge in [-0.05, 0) is 6.42 Å². The van der Waals surface area contributed by atoms with Crippen molar-refractivity contribution in [3.8, 4) is 0 Å². The van der Waals surface area contributed by atoms with E-state index in [0.29, 0.717) is 5.56 Å². The highest BCUT2D eigenvalue weighted by molar-refractivity contribution is 5.76. The standard InChI is InChI=1S/C13H22N4O3/c1-5-10(14)6-11(18)15(2)7-9-8-16(3)13(20)17(4)12(9)19/h8,10H,5-7,14H2,1-4H3. The third-order valence-electron chi connectivity index (χ3n) is 3.31. The molecule has 7 heteroatoms. The molecule has 1 aromatic rings. The number of rotatable bonds is 5. The smallest absolute Gasteiger partial charge is 0.330 e. The van der Waals surface area contributed by atoms with Crippen LogP contribution in [0.25, 0.3) is 0 Å². The van der Waals surface area contributed by atoms with E-state index >= 15 is 0 Å². The number of hydrogen-bond donors (Lipinski definition) is 1. The average Bonchev–Trinajstić information content (AvgIpc) is 2.41. The van der Waals surface area contributed by atoms with Gasteiger partial charge in [-0.2, -0.15) is 0 Å². The second-order valence-corrected chi connectivity index (χ2v) is 5.03. The molecule has 7 nitrogen and oxygen atoms in total. The van der Waals surface area contributed by atoms with Gasteiger partial charge in [0.05, 0.1) is 12.1 Å². The van der Waals surface area contributed by atoms with Crippen molar-refractivity contribution >= 4 is 5.91 Å². The van der Waals surface area contributed by atoms with Crippen molar-refractivity contribution in [1.82, 2.24) is 14.0 Å². The fraction of sp³-hybridized carbons (Fsp3) is 0.615. The molecule has 0 saturated carbocycles. The van der Waals surface area contributed by atoms with E-state index < -0.39 is 0 Å². The Kier molecular flexibility index (Phi) is 5.26. The average molecular weight is 282 g/mol. The molecular weight excluding hydrogens is 260 g/mol.